The molecule has 2 atom stereocenters. The normalized spacial score (nSPS) is 25.6. The summed E-state index contributed by atoms with van der Waals surface area (Å²) >= 11 is 11.2. The Balaban J connectivity index is 1.82. The van der Waals surface area contributed by atoms with Crippen LogP contribution in [0.25, 0.3) is 0 Å². The summed E-state index contributed by atoms with van der Waals surface area (Å²) in [6.07, 6.45) is 10.1. The number of halogens is 3. The van der Waals surface area contributed by atoms with Crippen LogP contribution in [0.5, 0.6) is 0 Å². The molecule has 0 aliphatic heterocycles. The molecule has 0 aromatic carbocycles. The minimum atomic E-state index is -0.0533. The number of ether oxygens (including phenoxy) is 2. The lowest BCUT2D eigenvalue weighted by Gasteiger charge is -2.12. The minimum absolute atomic E-state index is 0.0533. The van der Waals surface area contributed by atoms with E-state index in [4.69, 9.17) is 9.47 Å². The van der Waals surface area contributed by atoms with Crippen molar-refractivity contribution in [3.05, 3.63) is 0 Å². The summed E-state index contributed by atoms with van der Waals surface area (Å²) < 4.78 is 11.3. The van der Waals surface area contributed by atoms with Crippen molar-refractivity contribution in [2.75, 3.05) is 13.2 Å². The van der Waals surface area contributed by atoms with Crippen molar-refractivity contribution < 1.29 is 9.47 Å². The smallest absolute Gasteiger partial charge is 0.154 e. The minimum Gasteiger partial charge on any atom is -0.353 e. The topological polar surface area (TPSA) is 18.5 Å². The van der Waals surface area contributed by atoms with Gasteiger partial charge in [-0.3, -0.25) is 0 Å². The summed E-state index contributed by atoms with van der Waals surface area (Å²) in [6.45, 7) is 5.50. The molecule has 0 aromatic heterocycles. The van der Waals surface area contributed by atoms with Gasteiger partial charge in [0.15, 0.2) is 6.29 Å². The molecule has 2 unspecified atom stereocenters. The van der Waals surface area contributed by atoms with Crippen molar-refractivity contribution in [1.29, 1.82) is 0 Å². The molecule has 120 valence electrons. The molecule has 2 nitrogen and oxygen atoms in total. The monoisotopic (exact) mass is 476 g/mol. The van der Waals surface area contributed by atoms with Crippen LogP contribution < -0.4 is 0 Å². The van der Waals surface area contributed by atoms with E-state index in [0.717, 1.165) is 19.6 Å². The van der Waals surface area contributed by atoms with Gasteiger partial charge in [0.2, 0.25) is 0 Å². The Morgan fingerprint density at radius 1 is 0.950 bits per heavy atom. The van der Waals surface area contributed by atoms with Crippen molar-refractivity contribution in [2.24, 2.45) is 0 Å². The van der Waals surface area contributed by atoms with Gasteiger partial charge in [-0.1, -0.05) is 79.9 Å². The summed E-state index contributed by atoms with van der Waals surface area (Å²) in [4.78, 5) is 0. The first-order chi connectivity index (χ1) is 9.41. The van der Waals surface area contributed by atoms with Crippen LogP contribution in [0.1, 0.15) is 65.2 Å². The van der Waals surface area contributed by atoms with Gasteiger partial charge in [0.25, 0.3) is 0 Å². The first-order valence-electron chi connectivity index (χ1n) is 7.71. The van der Waals surface area contributed by atoms with E-state index in [2.05, 4.69) is 47.8 Å². The molecule has 1 aliphatic carbocycles. The van der Waals surface area contributed by atoms with Gasteiger partial charge in [-0.2, -0.15) is 0 Å². The molecule has 1 saturated carbocycles. The third kappa shape index (κ3) is 7.08. The van der Waals surface area contributed by atoms with E-state index in [1.165, 1.54) is 44.9 Å². The zero-order valence-electron chi connectivity index (χ0n) is 12.6. The Morgan fingerprint density at radius 3 is 2.05 bits per heavy atom. The lowest BCUT2D eigenvalue weighted by molar-refractivity contribution is -0.127. The summed E-state index contributed by atoms with van der Waals surface area (Å²) in [5.41, 5.74) is 0. The fourth-order valence-corrected chi connectivity index (χ4v) is 5.13. The Labute approximate surface area is 149 Å². The van der Waals surface area contributed by atoms with Gasteiger partial charge in [-0.25, -0.2) is 0 Å². The van der Waals surface area contributed by atoms with E-state index >= 15 is 0 Å². The molecule has 1 fully saturated rings. The molecular formula is C15H27Br3O2. The summed E-state index contributed by atoms with van der Waals surface area (Å²) in [7, 11) is 0. The van der Waals surface area contributed by atoms with Crippen LogP contribution in [-0.4, -0.2) is 27.1 Å². The molecule has 0 spiro atoms. The second-order valence-electron chi connectivity index (χ2n) is 5.61. The van der Waals surface area contributed by atoms with Crippen molar-refractivity contribution in [1.82, 2.24) is 0 Å². The second-order valence-corrected chi connectivity index (χ2v) is 10.9. The maximum absolute atomic E-state index is 5.55. The Hall–Kier alpha value is 1.36. The van der Waals surface area contributed by atoms with E-state index in [-0.39, 0.29) is 9.52 Å². The highest BCUT2D eigenvalue weighted by Gasteiger charge is 2.62. The molecule has 1 aliphatic rings. The molecular weight excluding hydrogens is 452 g/mol. The van der Waals surface area contributed by atoms with Gasteiger partial charge in [0.1, 0.15) is 0 Å². The zero-order chi connectivity index (χ0) is 15.1. The molecule has 0 aromatic rings. The third-order valence-electron chi connectivity index (χ3n) is 3.75. The number of unbranched alkanes of at least 4 members (excludes halogenated alkanes) is 5. The van der Waals surface area contributed by atoms with E-state index in [0.29, 0.717) is 4.32 Å². The average Bonchev–Trinajstić information content (AvgIpc) is 2.86. The molecule has 0 saturated heterocycles. The van der Waals surface area contributed by atoms with Crippen LogP contribution in [0.2, 0.25) is 0 Å². The van der Waals surface area contributed by atoms with Crippen LogP contribution >= 0.6 is 47.8 Å². The molecule has 20 heavy (non-hydrogen) atoms. The highest BCUT2D eigenvalue weighted by Crippen LogP contribution is 2.67. The first-order valence-corrected chi connectivity index (χ1v) is 10.1. The highest BCUT2D eigenvalue weighted by molar-refractivity contribution is 9.26. The lowest BCUT2D eigenvalue weighted by atomic mass is 10.1. The Morgan fingerprint density at radius 2 is 1.50 bits per heavy atom. The molecule has 0 amide bonds. The van der Waals surface area contributed by atoms with E-state index in [9.17, 15) is 0 Å². The lowest BCUT2D eigenvalue weighted by Crippen LogP contribution is -2.13. The van der Waals surface area contributed by atoms with Crippen LogP contribution in [0.3, 0.4) is 0 Å². The predicted octanol–water partition coefficient (Wildman–Crippen LogP) is 6.14. The van der Waals surface area contributed by atoms with Gasteiger partial charge in [-0.15, -0.1) is 0 Å². The van der Waals surface area contributed by atoms with Crippen LogP contribution in [0, 0.1) is 0 Å². The van der Waals surface area contributed by atoms with Crippen molar-refractivity contribution in [2.45, 2.75) is 79.1 Å². The van der Waals surface area contributed by atoms with E-state index < -0.39 is 0 Å². The molecule has 1 rings (SSSR count). The largest absolute Gasteiger partial charge is 0.353 e. The second kappa shape index (κ2) is 9.49. The Kier molecular flexibility index (Phi) is 9.21. The first kappa shape index (κ1) is 19.4. The van der Waals surface area contributed by atoms with Gasteiger partial charge < -0.3 is 9.47 Å². The highest BCUT2D eigenvalue weighted by atomic mass is 79.9. The average molecular weight is 479 g/mol. The van der Waals surface area contributed by atoms with E-state index in [1.54, 1.807) is 0 Å². The molecule has 0 heterocycles. The predicted molar refractivity (Wildman–Crippen MR) is 96.2 cm³/mol. The number of hydrogen-bond donors (Lipinski definition) is 0. The Bertz CT molecular complexity index is 274. The molecule has 0 N–H and O–H groups in total. The maximum atomic E-state index is 5.55. The SMILES string of the molecule is CCOC(C)OCCCCCCCCC1(Br)CC1(Br)Br. The molecule has 5 heteroatoms. The summed E-state index contributed by atoms with van der Waals surface area (Å²) in [5, 5.41) is 0. The number of alkyl halides is 3. The van der Waals surface area contributed by atoms with Gasteiger partial charge >= 0.3 is 0 Å². The molecule has 0 radical (unpaired) electrons. The number of rotatable bonds is 12. The van der Waals surface area contributed by atoms with E-state index in [1.807, 2.05) is 13.8 Å². The fourth-order valence-electron chi connectivity index (χ4n) is 2.33. The standard InChI is InChI=1S/C15H27Br3O2/c1-3-19-13(2)20-11-9-7-5-4-6-8-10-14(16)12-15(14,17)18/h13H,3-12H2,1-2H3. The van der Waals surface area contributed by atoms with Crippen LogP contribution in [0.15, 0.2) is 0 Å². The van der Waals surface area contributed by atoms with Crippen LogP contribution in [-0.2, 0) is 9.47 Å². The van der Waals surface area contributed by atoms with Gasteiger partial charge in [-0.05, 0) is 33.1 Å². The van der Waals surface area contributed by atoms with Crippen LogP contribution in [0.4, 0.5) is 0 Å². The number of hydrogen-bond acceptors (Lipinski definition) is 2. The van der Waals surface area contributed by atoms with Crippen molar-refractivity contribution in [3.8, 4) is 0 Å². The molecule has 0 bridgehead atoms. The zero-order valence-corrected chi connectivity index (χ0v) is 17.4. The van der Waals surface area contributed by atoms with Crippen molar-refractivity contribution in [3.63, 3.8) is 0 Å². The summed E-state index contributed by atoms with van der Waals surface area (Å²) in [5.74, 6) is 0. The summed E-state index contributed by atoms with van der Waals surface area (Å²) in [6, 6.07) is 0. The van der Waals surface area contributed by atoms with Gasteiger partial charge in [0.05, 0.1) is 7.56 Å². The maximum Gasteiger partial charge on any atom is 0.154 e. The fraction of sp³-hybridized carbons (Fsp3) is 1.00. The third-order valence-corrected chi connectivity index (χ3v) is 8.25. The quantitative estimate of drug-likeness (QED) is 0.190. The van der Waals surface area contributed by atoms with Crippen molar-refractivity contribution >= 4 is 47.8 Å². The van der Waals surface area contributed by atoms with Gasteiger partial charge in [0, 0.05) is 13.2 Å².